The number of nitro groups is 1. The highest BCUT2D eigenvalue weighted by atomic mass is 16.6. The largest absolute Gasteiger partial charge is 0.270 e. The van der Waals surface area contributed by atoms with E-state index in [2.05, 4.69) is 0 Å². The Morgan fingerprint density at radius 2 is 1.73 bits per heavy atom. The van der Waals surface area contributed by atoms with Crippen molar-refractivity contribution in [3.05, 3.63) is 69.3 Å². The molecule has 0 saturated heterocycles. The van der Waals surface area contributed by atoms with Gasteiger partial charge in [-0.3, -0.25) is 19.7 Å². The number of benzene rings is 2. The van der Waals surface area contributed by atoms with Gasteiger partial charge in [0.1, 0.15) is 6.07 Å². The number of rotatable bonds is 2. The van der Waals surface area contributed by atoms with Gasteiger partial charge in [0, 0.05) is 12.1 Å². The van der Waals surface area contributed by atoms with Crippen LogP contribution in [0.2, 0.25) is 0 Å². The third-order valence-electron chi connectivity index (χ3n) is 3.35. The molecule has 0 unspecified atom stereocenters. The average Bonchev–Trinajstić information content (AvgIpc) is 2.78. The van der Waals surface area contributed by atoms with Crippen LogP contribution in [0.1, 0.15) is 26.3 Å². The number of nitro benzene ring substituents is 1. The zero-order chi connectivity index (χ0) is 15.9. The van der Waals surface area contributed by atoms with Crippen LogP contribution >= 0.6 is 0 Å². The van der Waals surface area contributed by atoms with E-state index in [0.29, 0.717) is 0 Å². The number of anilines is 1. The Balaban J connectivity index is 2.15. The number of nitrogens with zero attached hydrogens (tertiary/aromatic N) is 3. The van der Waals surface area contributed by atoms with E-state index in [1.165, 1.54) is 24.3 Å². The van der Waals surface area contributed by atoms with E-state index in [1.807, 2.05) is 6.07 Å². The molecule has 7 nitrogen and oxygen atoms in total. The van der Waals surface area contributed by atoms with Gasteiger partial charge in [0.05, 0.1) is 27.3 Å². The number of para-hydroxylation sites is 1. The Morgan fingerprint density at radius 1 is 1.05 bits per heavy atom. The van der Waals surface area contributed by atoms with Crippen LogP contribution in [0.4, 0.5) is 11.4 Å². The number of amides is 2. The molecule has 0 N–H and O–H groups in total. The van der Waals surface area contributed by atoms with Gasteiger partial charge in [-0.25, -0.2) is 4.90 Å². The van der Waals surface area contributed by atoms with Crippen molar-refractivity contribution in [3.63, 3.8) is 0 Å². The second-order valence-electron chi connectivity index (χ2n) is 4.56. The Hall–Kier alpha value is -3.53. The van der Waals surface area contributed by atoms with Crippen LogP contribution in [0.3, 0.4) is 0 Å². The van der Waals surface area contributed by atoms with E-state index < -0.39 is 16.7 Å². The van der Waals surface area contributed by atoms with Crippen molar-refractivity contribution >= 4 is 23.2 Å². The summed E-state index contributed by atoms with van der Waals surface area (Å²) in [6, 6.07) is 11.6. The summed E-state index contributed by atoms with van der Waals surface area (Å²) in [5, 5.41) is 19.9. The summed E-state index contributed by atoms with van der Waals surface area (Å²) in [5.74, 6) is -1.27. The quantitative estimate of drug-likeness (QED) is 0.480. The van der Waals surface area contributed by atoms with Gasteiger partial charge in [-0.15, -0.1) is 0 Å². The predicted octanol–water partition coefficient (Wildman–Crippen LogP) is 2.27. The molecule has 106 valence electrons. The molecule has 1 aliphatic heterocycles. The minimum Gasteiger partial charge on any atom is -0.268 e. The number of imide groups is 1. The standard InChI is InChI=1S/C15H7N3O4/c16-8-9-3-1-2-4-13(9)17-14(19)11-6-5-10(18(21)22)7-12(11)15(17)20/h1-7H. The van der Waals surface area contributed by atoms with Gasteiger partial charge in [-0.2, -0.15) is 5.26 Å². The van der Waals surface area contributed by atoms with E-state index in [1.54, 1.807) is 12.1 Å². The van der Waals surface area contributed by atoms with Gasteiger partial charge >= 0.3 is 0 Å². The van der Waals surface area contributed by atoms with Crippen molar-refractivity contribution in [2.24, 2.45) is 0 Å². The summed E-state index contributed by atoms with van der Waals surface area (Å²) >= 11 is 0. The number of fused-ring (bicyclic) bond motifs is 1. The third-order valence-corrected chi connectivity index (χ3v) is 3.35. The highest BCUT2D eigenvalue weighted by Crippen LogP contribution is 2.32. The summed E-state index contributed by atoms with van der Waals surface area (Å²) in [7, 11) is 0. The van der Waals surface area contributed by atoms with Gasteiger partial charge < -0.3 is 0 Å². The molecule has 2 amide bonds. The van der Waals surface area contributed by atoms with Crippen LogP contribution in [-0.2, 0) is 0 Å². The van der Waals surface area contributed by atoms with Crippen LogP contribution < -0.4 is 4.90 Å². The highest BCUT2D eigenvalue weighted by Gasteiger charge is 2.38. The Labute approximate surface area is 124 Å². The van der Waals surface area contributed by atoms with Crippen LogP contribution in [0, 0.1) is 21.4 Å². The molecule has 0 radical (unpaired) electrons. The van der Waals surface area contributed by atoms with Crippen molar-refractivity contribution in [1.82, 2.24) is 0 Å². The number of hydrogen-bond acceptors (Lipinski definition) is 5. The lowest BCUT2D eigenvalue weighted by molar-refractivity contribution is -0.384. The van der Waals surface area contributed by atoms with E-state index in [0.717, 1.165) is 11.0 Å². The first-order chi connectivity index (χ1) is 10.5. The molecule has 1 heterocycles. The number of carbonyl (C=O) groups excluding carboxylic acids is 2. The van der Waals surface area contributed by atoms with E-state index >= 15 is 0 Å². The first kappa shape index (κ1) is 13.5. The molecular weight excluding hydrogens is 286 g/mol. The lowest BCUT2D eigenvalue weighted by Crippen LogP contribution is -2.30. The van der Waals surface area contributed by atoms with Crippen LogP contribution in [0.25, 0.3) is 0 Å². The van der Waals surface area contributed by atoms with Gasteiger partial charge in [0.2, 0.25) is 0 Å². The van der Waals surface area contributed by atoms with E-state index in [9.17, 15) is 19.7 Å². The molecule has 0 fully saturated rings. The number of carbonyl (C=O) groups is 2. The van der Waals surface area contributed by atoms with Crippen LogP contribution in [0.5, 0.6) is 0 Å². The van der Waals surface area contributed by atoms with Crippen molar-refractivity contribution in [3.8, 4) is 6.07 Å². The smallest absolute Gasteiger partial charge is 0.268 e. The van der Waals surface area contributed by atoms with Crippen molar-refractivity contribution < 1.29 is 14.5 Å². The second kappa shape index (κ2) is 4.79. The zero-order valence-electron chi connectivity index (χ0n) is 11.0. The fourth-order valence-electron chi connectivity index (χ4n) is 2.32. The van der Waals surface area contributed by atoms with Crippen LogP contribution in [-0.4, -0.2) is 16.7 Å². The molecule has 3 rings (SSSR count). The molecule has 0 atom stereocenters. The topological polar surface area (TPSA) is 104 Å². The zero-order valence-corrected chi connectivity index (χ0v) is 11.0. The monoisotopic (exact) mass is 293 g/mol. The normalized spacial score (nSPS) is 13.0. The Bertz CT molecular complexity index is 883. The van der Waals surface area contributed by atoms with Crippen molar-refractivity contribution in [1.29, 1.82) is 5.26 Å². The molecule has 2 aromatic carbocycles. The molecule has 0 spiro atoms. The SMILES string of the molecule is N#Cc1ccccc1N1C(=O)c2ccc([N+](=O)[O-])cc2C1=O. The summed E-state index contributed by atoms with van der Waals surface area (Å²) in [5.41, 5.74) is 0.121. The first-order valence-electron chi connectivity index (χ1n) is 6.21. The second-order valence-corrected chi connectivity index (χ2v) is 4.56. The minimum atomic E-state index is -0.675. The van der Waals surface area contributed by atoms with Gasteiger partial charge in [0.25, 0.3) is 17.5 Å². The minimum absolute atomic E-state index is 0.0352. The van der Waals surface area contributed by atoms with Gasteiger partial charge in [-0.1, -0.05) is 12.1 Å². The van der Waals surface area contributed by atoms with Crippen molar-refractivity contribution in [2.75, 3.05) is 4.90 Å². The fourth-order valence-corrected chi connectivity index (χ4v) is 2.32. The Morgan fingerprint density at radius 3 is 2.41 bits per heavy atom. The molecule has 0 aromatic heterocycles. The molecule has 22 heavy (non-hydrogen) atoms. The Kier molecular flexibility index (Phi) is 2.93. The number of hydrogen-bond donors (Lipinski definition) is 0. The number of nitriles is 1. The molecule has 1 aliphatic rings. The highest BCUT2D eigenvalue weighted by molar-refractivity contribution is 6.34. The third kappa shape index (κ3) is 1.83. The molecule has 0 saturated carbocycles. The summed E-state index contributed by atoms with van der Waals surface area (Å²) in [4.78, 5) is 35.8. The average molecular weight is 293 g/mol. The summed E-state index contributed by atoms with van der Waals surface area (Å²) in [6.07, 6.45) is 0. The molecular formula is C15H7N3O4. The maximum absolute atomic E-state index is 12.4. The maximum Gasteiger partial charge on any atom is 0.270 e. The van der Waals surface area contributed by atoms with Gasteiger partial charge in [0.15, 0.2) is 0 Å². The maximum atomic E-state index is 12.4. The molecule has 0 bridgehead atoms. The van der Waals surface area contributed by atoms with Gasteiger partial charge in [-0.05, 0) is 18.2 Å². The molecule has 2 aromatic rings. The first-order valence-corrected chi connectivity index (χ1v) is 6.21. The van der Waals surface area contributed by atoms with E-state index in [-0.39, 0.29) is 28.1 Å². The lowest BCUT2D eigenvalue weighted by Gasteiger charge is -2.14. The molecule has 7 heteroatoms. The van der Waals surface area contributed by atoms with Crippen molar-refractivity contribution in [2.45, 2.75) is 0 Å². The predicted molar refractivity (Wildman–Crippen MR) is 75.4 cm³/mol. The number of non-ortho nitro benzene ring substituents is 1. The fraction of sp³-hybridized carbons (Fsp3) is 0. The van der Waals surface area contributed by atoms with Crippen LogP contribution in [0.15, 0.2) is 42.5 Å². The molecule has 0 aliphatic carbocycles. The van der Waals surface area contributed by atoms with E-state index in [4.69, 9.17) is 5.26 Å². The lowest BCUT2D eigenvalue weighted by atomic mass is 10.1. The summed E-state index contributed by atoms with van der Waals surface area (Å²) < 4.78 is 0. The summed E-state index contributed by atoms with van der Waals surface area (Å²) in [6.45, 7) is 0.